The molecule has 0 N–H and O–H groups in total. The standard InChI is InChI=1S/C8H6NOS/c10-8-5-6-3-1-2-4-7(6)9(8)11/h1-4H,5H2/q-1. The monoisotopic (exact) mass is 164 g/mol. The molecule has 0 spiro atoms. The molecule has 1 aliphatic rings. The fourth-order valence-electron chi connectivity index (χ4n) is 1.23. The second-order valence-electron chi connectivity index (χ2n) is 2.49. The van der Waals surface area contributed by atoms with Gasteiger partial charge in [-0.15, -0.1) is 0 Å². The van der Waals surface area contributed by atoms with Gasteiger partial charge in [-0.05, 0) is 11.6 Å². The van der Waals surface area contributed by atoms with Crippen molar-refractivity contribution in [3.63, 3.8) is 0 Å². The van der Waals surface area contributed by atoms with Gasteiger partial charge in [-0.25, -0.2) is 0 Å². The number of nitrogens with zero attached hydrogens (tertiary/aromatic N) is 1. The van der Waals surface area contributed by atoms with E-state index in [0.29, 0.717) is 6.42 Å². The number of anilines is 1. The summed E-state index contributed by atoms with van der Waals surface area (Å²) < 4.78 is 1.29. The lowest BCUT2D eigenvalue weighted by Gasteiger charge is -2.23. The van der Waals surface area contributed by atoms with E-state index in [1.54, 1.807) is 0 Å². The highest BCUT2D eigenvalue weighted by atomic mass is 32.1. The van der Waals surface area contributed by atoms with Crippen molar-refractivity contribution in [2.45, 2.75) is 6.42 Å². The number of hydrogen-bond donors (Lipinski definition) is 0. The molecule has 0 radical (unpaired) electrons. The molecule has 0 saturated heterocycles. The van der Waals surface area contributed by atoms with Gasteiger partial charge < -0.3 is 17.1 Å². The molecule has 0 aliphatic carbocycles. The van der Waals surface area contributed by atoms with Crippen LogP contribution in [0.3, 0.4) is 0 Å². The number of benzene rings is 1. The molecule has 2 nitrogen and oxygen atoms in total. The molecule has 0 fully saturated rings. The Morgan fingerprint density at radius 2 is 2.09 bits per heavy atom. The van der Waals surface area contributed by atoms with Crippen LogP contribution in [0.5, 0.6) is 0 Å². The number of rotatable bonds is 0. The lowest BCUT2D eigenvalue weighted by Crippen LogP contribution is -2.18. The van der Waals surface area contributed by atoms with Gasteiger partial charge in [0.05, 0.1) is 6.42 Å². The first kappa shape index (κ1) is 6.73. The van der Waals surface area contributed by atoms with Gasteiger partial charge in [0.25, 0.3) is 0 Å². The molecule has 1 amide bonds. The molecule has 0 unspecified atom stereocenters. The van der Waals surface area contributed by atoms with E-state index in [9.17, 15) is 4.79 Å². The minimum atomic E-state index is 0.00111. The van der Waals surface area contributed by atoms with Gasteiger partial charge in [-0.2, -0.15) is 0 Å². The molecule has 3 heteroatoms. The van der Waals surface area contributed by atoms with E-state index >= 15 is 0 Å². The van der Waals surface area contributed by atoms with Gasteiger partial charge in [0, 0.05) is 5.69 Å². The number of carbonyl (C=O) groups is 1. The molecule has 0 aromatic heterocycles. The van der Waals surface area contributed by atoms with Gasteiger partial charge in [0.15, 0.2) is 0 Å². The summed E-state index contributed by atoms with van der Waals surface area (Å²) in [6.07, 6.45) is 0.458. The second-order valence-corrected chi connectivity index (χ2v) is 2.86. The summed E-state index contributed by atoms with van der Waals surface area (Å²) in [5, 5.41) is 0. The smallest absolute Gasteiger partial charge is 0.209 e. The Morgan fingerprint density at radius 1 is 1.36 bits per heavy atom. The fraction of sp³-hybridized carbons (Fsp3) is 0.125. The second kappa shape index (κ2) is 2.27. The van der Waals surface area contributed by atoms with Crippen molar-refractivity contribution < 1.29 is 4.79 Å². The normalized spacial score (nSPS) is 15.4. The van der Waals surface area contributed by atoms with E-state index in [4.69, 9.17) is 12.8 Å². The average molecular weight is 164 g/mol. The lowest BCUT2D eigenvalue weighted by molar-refractivity contribution is -0.116. The quantitative estimate of drug-likeness (QED) is 0.534. The van der Waals surface area contributed by atoms with Crippen molar-refractivity contribution in [1.29, 1.82) is 0 Å². The molecular formula is C8H6NOS-. The number of amides is 1. The van der Waals surface area contributed by atoms with Crippen molar-refractivity contribution in [3.8, 4) is 0 Å². The van der Waals surface area contributed by atoms with Crippen LogP contribution in [-0.2, 0) is 24.0 Å². The lowest BCUT2D eigenvalue weighted by atomic mass is 10.2. The van der Waals surface area contributed by atoms with E-state index in [0.717, 1.165) is 11.3 Å². The molecule has 0 bridgehead atoms. The first-order valence-corrected chi connectivity index (χ1v) is 3.73. The van der Waals surface area contributed by atoms with Crippen LogP contribution in [0, 0.1) is 0 Å². The Balaban J connectivity index is 2.55. The average Bonchev–Trinajstić information content (AvgIpc) is 2.30. The zero-order valence-electron chi connectivity index (χ0n) is 5.78. The fourth-order valence-corrected chi connectivity index (χ4v) is 1.47. The highest BCUT2D eigenvalue weighted by molar-refractivity contribution is 7.61. The Kier molecular flexibility index (Phi) is 1.39. The van der Waals surface area contributed by atoms with Crippen LogP contribution >= 0.6 is 0 Å². The van der Waals surface area contributed by atoms with Crippen molar-refractivity contribution in [2.75, 3.05) is 4.31 Å². The largest absolute Gasteiger partial charge is 0.658 e. The SMILES string of the molecule is O=C1Cc2ccccc2N1[S-]. The maximum atomic E-state index is 11.1. The van der Waals surface area contributed by atoms with Gasteiger partial charge in [-0.3, -0.25) is 4.79 Å². The first-order chi connectivity index (χ1) is 5.29. The summed E-state index contributed by atoms with van der Waals surface area (Å²) >= 11 is 4.86. The van der Waals surface area contributed by atoms with Gasteiger partial charge in [0.1, 0.15) is 0 Å². The maximum Gasteiger partial charge on any atom is 0.209 e. The first-order valence-electron chi connectivity index (χ1n) is 3.37. The van der Waals surface area contributed by atoms with Crippen LogP contribution in [0.15, 0.2) is 24.3 Å². The third kappa shape index (κ3) is 0.922. The highest BCUT2D eigenvalue weighted by Gasteiger charge is 2.17. The molecule has 0 saturated carbocycles. The minimum absolute atomic E-state index is 0.00111. The zero-order valence-corrected chi connectivity index (χ0v) is 6.60. The zero-order chi connectivity index (χ0) is 7.84. The predicted octanol–water partition coefficient (Wildman–Crippen LogP) is 1.04. The number of fused-ring (bicyclic) bond motifs is 1. The van der Waals surface area contributed by atoms with E-state index in [2.05, 4.69) is 0 Å². The summed E-state index contributed by atoms with van der Waals surface area (Å²) in [6, 6.07) is 7.60. The number of carbonyl (C=O) groups excluding carboxylic acids is 1. The summed E-state index contributed by atoms with van der Waals surface area (Å²) in [5.74, 6) is 0.00111. The number of hydrogen-bond acceptors (Lipinski definition) is 2. The summed E-state index contributed by atoms with van der Waals surface area (Å²) in [7, 11) is 0. The third-order valence-corrected chi connectivity index (χ3v) is 2.18. The van der Waals surface area contributed by atoms with Crippen LogP contribution in [0.2, 0.25) is 0 Å². The Morgan fingerprint density at radius 3 is 2.82 bits per heavy atom. The maximum absolute atomic E-state index is 11.1. The molecule has 1 heterocycles. The van der Waals surface area contributed by atoms with Crippen LogP contribution in [0.25, 0.3) is 0 Å². The number of para-hydroxylation sites is 1. The van der Waals surface area contributed by atoms with Gasteiger partial charge >= 0.3 is 0 Å². The molecule has 0 atom stereocenters. The summed E-state index contributed by atoms with van der Waals surface area (Å²) in [6.45, 7) is 0. The van der Waals surface area contributed by atoms with Crippen LogP contribution < -0.4 is 4.31 Å². The van der Waals surface area contributed by atoms with Gasteiger partial charge in [0.2, 0.25) is 5.91 Å². The molecule has 1 aromatic rings. The Hall–Kier alpha value is -0.960. The van der Waals surface area contributed by atoms with E-state index in [-0.39, 0.29) is 5.91 Å². The van der Waals surface area contributed by atoms with E-state index < -0.39 is 0 Å². The van der Waals surface area contributed by atoms with Crippen LogP contribution in [0.1, 0.15) is 5.56 Å². The Bertz CT molecular complexity index is 311. The summed E-state index contributed by atoms with van der Waals surface area (Å²) in [4.78, 5) is 11.1. The van der Waals surface area contributed by atoms with Crippen molar-refractivity contribution in [1.82, 2.24) is 0 Å². The van der Waals surface area contributed by atoms with Crippen LogP contribution in [0.4, 0.5) is 5.69 Å². The minimum Gasteiger partial charge on any atom is -0.658 e. The molecule has 56 valence electrons. The molecular weight excluding hydrogens is 158 g/mol. The van der Waals surface area contributed by atoms with E-state index in [1.165, 1.54) is 4.31 Å². The molecule has 11 heavy (non-hydrogen) atoms. The van der Waals surface area contributed by atoms with Crippen molar-refractivity contribution in [3.05, 3.63) is 29.8 Å². The summed E-state index contributed by atoms with van der Waals surface area (Å²) in [5.41, 5.74) is 1.90. The van der Waals surface area contributed by atoms with Gasteiger partial charge in [-0.1, -0.05) is 18.2 Å². The third-order valence-electron chi connectivity index (χ3n) is 1.78. The topological polar surface area (TPSA) is 20.3 Å². The Labute approximate surface area is 70.4 Å². The highest BCUT2D eigenvalue weighted by Crippen LogP contribution is 2.26. The van der Waals surface area contributed by atoms with Crippen molar-refractivity contribution >= 4 is 24.4 Å². The van der Waals surface area contributed by atoms with Crippen LogP contribution in [-0.4, -0.2) is 5.91 Å². The molecule has 1 aromatic carbocycles. The van der Waals surface area contributed by atoms with E-state index in [1.807, 2.05) is 24.3 Å². The molecule has 1 aliphatic heterocycles. The van der Waals surface area contributed by atoms with Crippen molar-refractivity contribution in [2.24, 2.45) is 0 Å². The predicted molar refractivity (Wildman–Crippen MR) is 45.0 cm³/mol. The molecule has 2 rings (SSSR count).